The number of esters is 1. The van der Waals surface area contributed by atoms with E-state index in [1.807, 2.05) is 6.07 Å². The molecule has 2 heterocycles. The van der Waals surface area contributed by atoms with Gasteiger partial charge in [0.15, 0.2) is 0 Å². The van der Waals surface area contributed by atoms with E-state index in [0.29, 0.717) is 5.56 Å². The van der Waals surface area contributed by atoms with Gasteiger partial charge in [-0.2, -0.15) is 0 Å². The monoisotopic (exact) mass is 501 g/mol. The van der Waals surface area contributed by atoms with Crippen molar-refractivity contribution in [3.05, 3.63) is 35.9 Å². The Labute approximate surface area is 202 Å². The minimum atomic E-state index is -1.18. The fraction of sp³-hybridized carbons (Fsp3) is 0.524. The molecule has 2 aliphatic rings. The predicted octanol–water partition coefficient (Wildman–Crippen LogP) is 1.72. The van der Waals surface area contributed by atoms with E-state index in [9.17, 15) is 19.2 Å². The number of hydrogen-bond donors (Lipinski definition) is 2. The van der Waals surface area contributed by atoms with Gasteiger partial charge in [-0.05, 0) is 26.3 Å². The predicted molar refractivity (Wildman–Crippen MR) is 122 cm³/mol. The Morgan fingerprint density at radius 2 is 1.85 bits per heavy atom. The molecule has 10 nitrogen and oxygen atoms in total. The Kier molecular flexibility index (Phi) is 8.61. The van der Waals surface area contributed by atoms with Crippen molar-refractivity contribution in [2.45, 2.75) is 62.2 Å². The number of nitrogens with one attached hydrogen (secondary N) is 1. The standard InChI is InChI=1S/C21H27N3O7S.ClH/c1-5-29-20(28)31-11(2)30-19(27)15-21(3,4)32-18-14(17(26)24(15)18)23-16(25)13(22)12-9-7-6-8-10-12;/h6-11,13-15,18H,5,22H2,1-4H3,(H,23,25);1H. The van der Waals surface area contributed by atoms with Gasteiger partial charge in [-0.25, -0.2) is 9.59 Å². The third-order valence-electron chi connectivity index (χ3n) is 5.21. The molecule has 0 radical (unpaired) electrons. The van der Waals surface area contributed by atoms with E-state index < -0.39 is 58.5 Å². The maximum Gasteiger partial charge on any atom is 0.511 e. The number of fused-ring (bicyclic) bond motifs is 1. The summed E-state index contributed by atoms with van der Waals surface area (Å²) in [7, 11) is 0. The van der Waals surface area contributed by atoms with E-state index >= 15 is 0 Å². The molecule has 182 valence electrons. The van der Waals surface area contributed by atoms with Crippen molar-refractivity contribution >= 4 is 48.1 Å². The average Bonchev–Trinajstić information content (AvgIpc) is 2.99. The van der Waals surface area contributed by atoms with Crippen LogP contribution in [0.4, 0.5) is 4.79 Å². The molecular weight excluding hydrogens is 474 g/mol. The van der Waals surface area contributed by atoms with Crippen molar-refractivity contribution < 1.29 is 33.4 Å². The van der Waals surface area contributed by atoms with Gasteiger partial charge in [0.2, 0.25) is 18.1 Å². The van der Waals surface area contributed by atoms with Crippen LogP contribution >= 0.6 is 24.2 Å². The Balaban J connectivity index is 0.00000385. The molecule has 3 N–H and O–H groups in total. The van der Waals surface area contributed by atoms with Crippen molar-refractivity contribution in [2.75, 3.05) is 6.61 Å². The first-order chi connectivity index (χ1) is 15.1. The molecule has 0 aromatic heterocycles. The maximum atomic E-state index is 12.8. The molecule has 5 unspecified atom stereocenters. The molecular formula is C21H28ClN3O7S. The quantitative estimate of drug-likeness (QED) is 0.325. The van der Waals surface area contributed by atoms with Crippen molar-refractivity contribution in [1.82, 2.24) is 10.2 Å². The van der Waals surface area contributed by atoms with Crippen LogP contribution in [0.2, 0.25) is 0 Å². The van der Waals surface area contributed by atoms with E-state index in [4.69, 9.17) is 15.2 Å². The Hall–Kier alpha value is -2.50. The third-order valence-corrected chi connectivity index (χ3v) is 6.78. The molecule has 1 aromatic rings. The van der Waals surface area contributed by atoms with Crippen LogP contribution in [0.15, 0.2) is 30.3 Å². The fourth-order valence-corrected chi connectivity index (χ4v) is 5.34. The first-order valence-corrected chi connectivity index (χ1v) is 11.1. The van der Waals surface area contributed by atoms with Crippen LogP contribution in [0, 0.1) is 0 Å². The number of nitrogens with zero attached hydrogens (tertiary/aromatic N) is 1. The van der Waals surface area contributed by atoms with Crippen LogP contribution in [-0.4, -0.2) is 63.9 Å². The largest absolute Gasteiger partial charge is 0.511 e. The average molecular weight is 502 g/mol. The van der Waals surface area contributed by atoms with Gasteiger partial charge in [0, 0.05) is 11.7 Å². The second kappa shape index (κ2) is 10.6. The molecule has 0 saturated carbocycles. The smallest absolute Gasteiger partial charge is 0.435 e. The number of halogens is 1. The highest BCUT2D eigenvalue weighted by Crippen LogP contribution is 2.51. The lowest BCUT2D eigenvalue weighted by molar-refractivity contribution is -0.180. The van der Waals surface area contributed by atoms with Crippen LogP contribution in [0.1, 0.15) is 39.3 Å². The van der Waals surface area contributed by atoms with Gasteiger partial charge < -0.3 is 30.2 Å². The number of carbonyl (C=O) groups excluding carboxylic acids is 4. The first-order valence-electron chi connectivity index (χ1n) is 10.2. The number of amides is 2. The fourth-order valence-electron chi connectivity index (χ4n) is 3.72. The van der Waals surface area contributed by atoms with Crippen molar-refractivity contribution in [2.24, 2.45) is 5.73 Å². The zero-order chi connectivity index (χ0) is 23.6. The molecule has 33 heavy (non-hydrogen) atoms. The van der Waals surface area contributed by atoms with Crippen LogP contribution < -0.4 is 11.1 Å². The molecule has 3 rings (SSSR count). The van der Waals surface area contributed by atoms with Crippen molar-refractivity contribution in [3.8, 4) is 0 Å². The van der Waals surface area contributed by atoms with E-state index in [2.05, 4.69) is 10.1 Å². The highest BCUT2D eigenvalue weighted by Gasteiger charge is 2.64. The van der Waals surface area contributed by atoms with E-state index in [1.54, 1.807) is 45.0 Å². The number of β-lactam (4-membered cyclic amide) rings is 1. The summed E-state index contributed by atoms with van der Waals surface area (Å²) in [5.41, 5.74) is 6.65. The Morgan fingerprint density at radius 3 is 2.45 bits per heavy atom. The molecule has 0 bridgehead atoms. The highest BCUT2D eigenvalue weighted by molar-refractivity contribution is 8.01. The molecule has 2 saturated heterocycles. The summed E-state index contributed by atoms with van der Waals surface area (Å²) in [5, 5.41) is 2.26. The summed E-state index contributed by atoms with van der Waals surface area (Å²) in [6.45, 7) is 6.74. The van der Waals surface area contributed by atoms with Crippen LogP contribution in [-0.2, 0) is 28.6 Å². The molecule has 5 atom stereocenters. The number of nitrogens with two attached hydrogens (primary N) is 1. The molecule has 12 heteroatoms. The lowest BCUT2D eigenvalue weighted by Gasteiger charge is -2.44. The number of rotatable bonds is 7. The Morgan fingerprint density at radius 1 is 1.21 bits per heavy atom. The molecule has 2 amide bonds. The zero-order valence-corrected chi connectivity index (χ0v) is 20.3. The van der Waals surface area contributed by atoms with Gasteiger partial charge in [-0.1, -0.05) is 30.3 Å². The Bertz CT molecular complexity index is 901. The van der Waals surface area contributed by atoms with Crippen LogP contribution in [0.5, 0.6) is 0 Å². The second-order valence-electron chi connectivity index (χ2n) is 7.94. The van der Waals surface area contributed by atoms with Crippen LogP contribution in [0.3, 0.4) is 0 Å². The molecule has 0 aliphatic carbocycles. The van der Waals surface area contributed by atoms with Gasteiger partial charge in [-0.3, -0.25) is 9.59 Å². The summed E-state index contributed by atoms with van der Waals surface area (Å²) >= 11 is 1.38. The van der Waals surface area contributed by atoms with Crippen molar-refractivity contribution in [3.63, 3.8) is 0 Å². The lowest BCUT2D eigenvalue weighted by Crippen LogP contribution is -2.71. The van der Waals surface area contributed by atoms with Gasteiger partial charge in [0.25, 0.3) is 0 Å². The van der Waals surface area contributed by atoms with E-state index in [1.165, 1.54) is 23.6 Å². The third kappa shape index (κ3) is 5.53. The minimum Gasteiger partial charge on any atom is -0.435 e. The number of thioether (sulfide) groups is 1. The molecule has 2 fully saturated rings. The van der Waals surface area contributed by atoms with Crippen LogP contribution in [0.25, 0.3) is 0 Å². The second-order valence-corrected chi connectivity index (χ2v) is 9.71. The zero-order valence-electron chi connectivity index (χ0n) is 18.7. The summed E-state index contributed by atoms with van der Waals surface area (Å²) in [6.07, 6.45) is -2.14. The van der Waals surface area contributed by atoms with E-state index in [-0.39, 0.29) is 19.0 Å². The lowest BCUT2D eigenvalue weighted by atomic mass is 9.95. The minimum absolute atomic E-state index is 0. The highest BCUT2D eigenvalue weighted by atomic mass is 35.5. The summed E-state index contributed by atoms with van der Waals surface area (Å²) in [4.78, 5) is 51.0. The number of carbonyl (C=O) groups is 4. The normalized spacial score (nSPS) is 24.3. The first kappa shape index (κ1) is 26.7. The van der Waals surface area contributed by atoms with E-state index in [0.717, 1.165) is 0 Å². The number of hydrogen-bond acceptors (Lipinski definition) is 9. The summed E-state index contributed by atoms with van der Waals surface area (Å²) in [6, 6.07) is 6.21. The van der Waals surface area contributed by atoms with Gasteiger partial charge in [0.1, 0.15) is 23.5 Å². The topological polar surface area (TPSA) is 137 Å². The SMILES string of the molecule is CCOC(=O)OC(C)OC(=O)C1N2C(=O)C(NC(=O)C(N)c3ccccc3)C2SC1(C)C.Cl. The molecule has 2 aliphatic heterocycles. The summed E-state index contributed by atoms with van der Waals surface area (Å²) in [5.74, 6) is -1.58. The van der Waals surface area contributed by atoms with Gasteiger partial charge >= 0.3 is 12.1 Å². The number of benzene rings is 1. The van der Waals surface area contributed by atoms with Crippen molar-refractivity contribution in [1.29, 1.82) is 0 Å². The number of ether oxygens (including phenoxy) is 3. The maximum absolute atomic E-state index is 12.8. The van der Waals surface area contributed by atoms with Gasteiger partial charge in [0.05, 0.1) is 6.61 Å². The van der Waals surface area contributed by atoms with Gasteiger partial charge in [-0.15, -0.1) is 24.2 Å². The summed E-state index contributed by atoms with van der Waals surface area (Å²) < 4.78 is 14.0. The molecule has 1 aromatic carbocycles. The molecule has 0 spiro atoms.